The average Bonchev–Trinajstić information content (AvgIpc) is 2.69. The molecule has 0 amide bonds. The third-order valence-electron chi connectivity index (χ3n) is 3.02. The van der Waals surface area contributed by atoms with Crippen LogP contribution in [0.25, 0.3) is 0 Å². The van der Waals surface area contributed by atoms with Crippen molar-refractivity contribution in [2.45, 2.75) is 38.6 Å². The minimum absolute atomic E-state index is 0.111. The van der Waals surface area contributed by atoms with E-state index in [4.69, 9.17) is 4.74 Å². The normalized spacial score (nSPS) is 18.8. The summed E-state index contributed by atoms with van der Waals surface area (Å²) in [7, 11) is 4.06. The largest absolute Gasteiger partial charge is 0.465 e. The van der Waals surface area contributed by atoms with Gasteiger partial charge in [0.25, 0.3) is 0 Å². The molecule has 0 bridgehead atoms. The summed E-state index contributed by atoms with van der Waals surface area (Å²) in [5, 5.41) is 1.10. The van der Waals surface area contributed by atoms with Gasteiger partial charge in [-0.1, -0.05) is 0 Å². The van der Waals surface area contributed by atoms with Gasteiger partial charge in [-0.05, 0) is 40.3 Å². The zero-order chi connectivity index (χ0) is 13.1. The number of hydrogen-bond donors (Lipinski definition) is 0. The molecular formula is C13H20N2O2S. The molecule has 0 saturated carbocycles. The SMILES string of the molecule is CCOC(=O)C1CCCc2sc(CN(C)C)nc21. The summed E-state index contributed by atoms with van der Waals surface area (Å²) in [5.41, 5.74) is 0.974. The Bertz CT molecular complexity index is 429. The van der Waals surface area contributed by atoms with E-state index in [0.29, 0.717) is 6.61 Å². The average molecular weight is 268 g/mol. The van der Waals surface area contributed by atoms with Crippen molar-refractivity contribution in [3.63, 3.8) is 0 Å². The summed E-state index contributed by atoms with van der Waals surface area (Å²) in [6.45, 7) is 3.13. The van der Waals surface area contributed by atoms with Gasteiger partial charge in [0.05, 0.1) is 12.3 Å². The van der Waals surface area contributed by atoms with E-state index in [0.717, 1.165) is 36.5 Å². The van der Waals surface area contributed by atoms with Gasteiger partial charge in [0.1, 0.15) is 10.9 Å². The number of aromatic nitrogens is 1. The van der Waals surface area contributed by atoms with Gasteiger partial charge in [-0.2, -0.15) is 0 Å². The zero-order valence-electron chi connectivity index (χ0n) is 11.2. The summed E-state index contributed by atoms with van der Waals surface area (Å²) in [6, 6.07) is 0. The van der Waals surface area contributed by atoms with E-state index in [2.05, 4.69) is 9.88 Å². The minimum Gasteiger partial charge on any atom is -0.465 e. The van der Waals surface area contributed by atoms with Crippen LogP contribution in [0, 0.1) is 0 Å². The molecule has 1 aliphatic rings. The van der Waals surface area contributed by atoms with Crippen LogP contribution in [0.3, 0.4) is 0 Å². The number of nitrogens with zero attached hydrogens (tertiary/aromatic N) is 2. The van der Waals surface area contributed by atoms with E-state index in [-0.39, 0.29) is 11.9 Å². The van der Waals surface area contributed by atoms with E-state index in [9.17, 15) is 4.79 Å². The van der Waals surface area contributed by atoms with Gasteiger partial charge in [-0.25, -0.2) is 4.98 Å². The lowest BCUT2D eigenvalue weighted by Gasteiger charge is -2.19. The summed E-state index contributed by atoms with van der Waals surface area (Å²) in [5.74, 6) is -0.249. The van der Waals surface area contributed by atoms with E-state index < -0.39 is 0 Å². The van der Waals surface area contributed by atoms with Crippen molar-refractivity contribution in [2.24, 2.45) is 0 Å². The highest BCUT2D eigenvalue weighted by Crippen LogP contribution is 2.35. The Kier molecular flexibility index (Phi) is 4.35. The van der Waals surface area contributed by atoms with Gasteiger partial charge in [0.15, 0.2) is 0 Å². The third-order valence-corrected chi connectivity index (χ3v) is 4.14. The second kappa shape index (κ2) is 5.80. The maximum atomic E-state index is 11.9. The number of carbonyl (C=O) groups excluding carboxylic acids is 1. The van der Waals surface area contributed by atoms with Crippen LogP contribution in [0.4, 0.5) is 0 Å². The molecule has 0 radical (unpaired) electrons. The van der Waals surface area contributed by atoms with Crippen LogP contribution < -0.4 is 0 Å². The highest BCUT2D eigenvalue weighted by molar-refractivity contribution is 7.11. The van der Waals surface area contributed by atoms with Crippen LogP contribution in [0.15, 0.2) is 0 Å². The van der Waals surface area contributed by atoms with Gasteiger partial charge in [-0.15, -0.1) is 11.3 Å². The highest BCUT2D eigenvalue weighted by atomic mass is 32.1. The minimum atomic E-state index is -0.138. The standard InChI is InChI=1S/C13H20N2O2S/c1-4-17-13(16)9-6-5-7-10-12(9)14-11(18-10)8-15(2)3/h9H,4-8H2,1-3H3. The first-order valence-electron chi connectivity index (χ1n) is 6.41. The fraction of sp³-hybridized carbons (Fsp3) is 0.692. The lowest BCUT2D eigenvalue weighted by Crippen LogP contribution is -2.20. The first kappa shape index (κ1) is 13.5. The molecule has 1 unspecified atom stereocenters. The lowest BCUT2D eigenvalue weighted by atomic mass is 9.91. The van der Waals surface area contributed by atoms with Crippen LogP contribution in [0.1, 0.15) is 41.3 Å². The molecule has 100 valence electrons. The molecule has 2 rings (SSSR count). The van der Waals surface area contributed by atoms with Gasteiger partial charge in [0, 0.05) is 11.4 Å². The molecule has 0 aliphatic heterocycles. The second-order valence-electron chi connectivity index (χ2n) is 4.85. The van der Waals surface area contributed by atoms with Gasteiger partial charge < -0.3 is 9.64 Å². The van der Waals surface area contributed by atoms with Crippen molar-refractivity contribution in [1.29, 1.82) is 0 Å². The van der Waals surface area contributed by atoms with Crippen molar-refractivity contribution in [2.75, 3.05) is 20.7 Å². The van der Waals surface area contributed by atoms with Crippen LogP contribution in [0.5, 0.6) is 0 Å². The highest BCUT2D eigenvalue weighted by Gasteiger charge is 2.31. The third kappa shape index (κ3) is 2.90. The van der Waals surface area contributed by atoms with Gasteiger partial charge in [0.2, 0.25) is 0 Å². The van der Waals surface area contributed by atoms with Gasteiger partial charge in [-0.3, -0.25) is 4.79 Å². The zero-order valence-corrected chi connectivity index (χ0v) is 12.0. The Morgan fingerprint density at radius 2 is 2.33 bits per heavy atom. The van der Waals surface area contributed by atoms with Crippen molar-refractivity contribution < 1.29 is 9.53 Å². The van der Waals surface area contributed by atoms with E-state index >= 15 is 0 Å². The van der Waals surface area contributed by atoms with Crippen molar-refractivity contribution in [1.82, 2.24) is 9.88 Å². The topological polar surface area (TPSA) is 42.4 Å². The molecule has 1 aromatic heterocycles. The molecule has 18 heavy (non-hydrogen) atoms. The van der Waals surface area contributed by atoms with Crippen LogP contribution in [0.2, 0.25) is 0 Å². The van der Waals surface area contributed by atoms with Crippen LogP contribution >= 0.6 is 11.3 Å². The summed E-state index contributed by atoms with van der Waals surface area (Å²) >= 11 is 1.74. The van der Waals surface area contributed by atoms with Crippen LogP contribution in [-0.2, 0) is 22.5 Å². The molecule has 0 aromatic carbocycles. The number of carbonyl (C=O) groups is 1. The predicted octanol–water partition coefficient (Wildman–Crippen LogP) is 2.19. The molecule has 4 nitrogen and oxygen atoms in total. The Labute approximate surface area is 112 Å². The monoisotopic (exact) mass is 268 g/mol. The van der Waals surface area contributed by atoms with E-state index in [1.165, 1.54) is 4.88 Å². The lowest BCUT2D eigenvalue weighted by molar-refractivity contribution is -0.145. The Hall–Kier alpha value is -0.940. The molecule has 1 aromatic rings. The van der Waals surface area contributed by atoms with Crippen molar-refractivity contribution in [3.8, 4) is 0 Å². The number of esters is 1. The molecule has 0 spiro atoms. The molecule has 0 N–H and O–H groups in total. The first-order valence-corrected chi connectivity index (χ1v) is 7.23. The Morgan fingerprint density at radius 1 is 1.56 bits per heavy atom. The fourth-order valence-corrected chi connectivity index (χ4v) is 3.57. The van der Waals surface area contributed by atoms with Crippen molar-refractivity contribution in [3.05, 3.63) is 15.6 Å². The molecule has 1 heterocycles. The molecule has 5 heteroatoms. The van der Waals surface area contributed by atoms with Crippen LogP contribution in [-0.4, -0.2) is 36.6 Å². The van der Waals surface area contributed by atoms with Crippen molar-refractivity contribution >= 4 is 17.3 Å². The smallest absolute Gasteiger partial charge is 0.315 e. The number of rotatable bonds is 4. The number of thiazole rings is 1. The van der Waals surface area contributed by atoms with E-state index in [1.54, 1.807) is 11.3 Å². The maximum absolute atomic E-state index is 11.9. The number of aryl methyl sites for hydroxylation is 1. The predicted molar refractivity (Wildman–Crippen MR) is 71.8 cm³/mol. The first-order chi connectivity index (χ1) is 8.61. The Balaban J connectivity index is 2.20. The summed E-state index contributed by atoms with van der Waals surface area (Å²) < 4.78 is 5.14. The number of fused-ring (bicyclic) bond motifs is 1. The maximum Gasteiger partial charge on any atom is 0.315 e. The Morgan fingerprint density at radius 3 is 3.00 bits per heavy atom. The molecule has 1 atom stereocenters. The summed E-state index contributed by atoms with van der Waals surface area (Å²) in [4.78, 5) is 20.0. The fourth-order valence-electron chi connectivity index (χ4n) is 2.28. The number of ether oxygens (including phenoxy) is 1. The molecule has 0 fully saturated rings. The van der Waals surface area contributed by atoms with Gasteiger partial charge >= 0.3 is 5.97 Å². The molecule has 0 saturated heterocycles. The molecular weight excluding hydrogens is 248 g/mol. The van der Waals surface area contributed by atoms with E-state index in [1.807, 2.05) is 21.0 Å². The quantitative estimate of drug-likeness (QED) is 0.785. The second-order valence-corrected chi connectivity index (χ2v) is 6.02. The summed E-state index contributed by atoms with van der Waals surface area (Å²) in [6.07, 6.45) is 2.98. The molecule has 1 aliphatic carbocycles. The number of hydrogen-bond acceptors (Lipinski definition) is 5.